The molecule has 0 fully saturated rings. The average molecular weight is 731 g/mol. The number of benzene rings is 1. The summed E-state index contributed by atoms with van der Waals surface area (Å²) in [6.07, 6.45) is 3.90. The Bertz CT molecular complexity index is 1540. The van der Waals surface area contributed by atoms with Gasteiger partial charge in [0.1, 0.15) is 17.6 Å². The zero-order valence-corrected chi connectivity index (χ0v) is 30.3. The van der Waals surface area contributed by atoms with E-state index >= 15 is 0 Å². The summed E-state index contributed by atoms with van der Waals surface area (Å²) in [6.45, 7) is 9.07. The fourth-order valence-corrected chi connectivity index (χ4v) is 5.52. The Balaban J connectivity index is 2.16. The molecule has 0 saturated carbocycles. The van der Waals surface area contributed by atoms with Gasteiger partial charge in [-0.2, -0.15) is 5.06 Å². The lowest BCUT2D eigenvalue weighted by molar-refractivity contribution is -0.208. The molecule has 1 aromatic heterocycles. The summed E-state index contributed by atoms with van der Waals surface area (Å²) in [6, 6.07) is 4.83. The third kappa shape index (κ3) is 12.4. The van der Waals surface area contributed by atoms with Crippen LogP contribution >= 0.6 is 0 Å². The van der Waals surface area contributed by atoms with E-state index < -0.39 is 60.1 Å². The molecular weight excluding hydrogens is 680 g/mol. The number of ether oxygens (including phenoxy) is 1. The fourth-order valence-electron chi connectivity index (χ4n) is 5.52. The van der Waals surface area contributed by atoms with Crippen molar-refractivity contribution < 1.29 is 57.8 Å². The number of carbonyl (C=O) groups excluding carboxylic acids is 5. The second-order valence-electron chi connectivity index (χ2n) is 12.0. The largest absolute Gasteiger partial charge is 0.493 e. The molecule has 0 spiro atoms. The van der Waals surface area contributed by atoms with Crippen molar-refractivity contribution in [2.24, 2.45) is 11.8 Å². The molecule has 0 bridgehead atoms. The molecule has 5 N–H and O–H groups in total. The van der Waals surface area contributed by atoms with Gasteiger partial charge in [-0.1, -0.05) is 53.0 Å². The molecular formula is C36H50N4O12. The maximum Gasteiger partial charge on any atom is 0.335 e. The summed E-state index contributed by atoms with van der Waals surface area (Å²) in [5.41, 5.74) is 0.374. The minimum absolute atomic E-state index is 0.0404. The highest BCUT2D eigenvalue weighted by Crippen LogP contribution is 2.29. The molecule has 52 heavy (non-hydrogen) atoms. The number of unbranched alkanes of at least 4 members (excludes halogenated alkanes) is 2. The van der Waals surface area contributed by atoms with Crippen molar-refractivity contribution in [3.8, 4) is 17.1 Å². The van der Waals surface area contributed by atoms with Gasteiger partial charge in [-0.3, -0.25) is 24.0 Å². The van der Waals surface area contributed by atoms with Crippen molar-refractivity contribution >= 4 is 42.0 Å². The maximum atomic E-state index is 13.4. The van der Waals surface area contributed by atoms with Crippen molar-refractivity contribution in [3.63, 3.8) is 0 Å². The lowest BCUT2D eigenvalue weighted by Crippen LogP contribution is -2.49. The molecule has 0 saturated heterocycles. The highest BCUT2D eigenvalue weighted by Gasteiger charge is 2.34. The van der Waals surface area contributed by atoms with Gasteiger partial charge in [-0.25, -0.2) is 9.59 Å². The molecule has 2 rings (SSSR count). The number of aliphatic carboxylic acids is 2. The lowest BCUT2D eigenvalue weighted by atomic mass is 9.90. The van der Waals surface area contributed by atoms with Crippen LogP contribution in [-0.4, -0.2) is 82.7 Å². The zero-order chi connectivity index (χ0) is 38.8. The van der Waals surface area contributed by atoms with Crippen LogP contribution in [-0.2, 0) is 28.8 Å². The highest BCUT2D eigenvalue weighted by molar-refractivity contribution is 6.00. The van der Waals surface area contributed by atoms with Crippen LogP contribution in [0.5, 0.6) is 5.75 Å². The fraction of sp³-hybridized carbons (Fsp3) is 0.528. The summed E-state index contributed by atoms with van der Waals surface area (Å²) in [7, 11) is 0. The topological polar surface area (TPSA) is 231 Å². The first kappa shape index (κ1) is 42.8. The van der Waals surface area contributed by atoms with Crippen molar-refractivity contribution in [2.75, 3.05) is 13.3 Å². The highest BCUT2D eigenvalue weighted by atomic mass is 16.7. The number of nitrogens with one attached hydrogen (secondary N) is 3. The van der Waals surface area contributed by atoms with Gasteiger partial charge in [-0.15, -0.1) is 0 Å². The van der Waals surface area contributed by atoms with E-state index in [1.165, 1.54) is 30.3 Å². The first-order valence-electron chi connectivity index (χ1n) is 17.5. The maximum absolute atomic E-state index is 13.4. The number of carboxylic acids is 2. The summed E-state index contributed by atoms with van der Waals surface area (Å²) in [5.74, 6) is -6.27. The van der Waals surface area contributed by atoms with Gasteiger partial charge in [0, 0.05) is 5.56 Å². The number of hydroxylamine groups is 2. The van der Waals surface area contributed by atoms with E-state index in [-0.39, 0.29) is 42.0 Å². The van der Waals surface area contributed by atoms with Crippen LogP contribution in [0.1, 0.15) is 107 Å². The predicted octanol–water partition coefficient (Wildman–Crippen LogP) is 4.13. The summed E-state index contributed by atoms with van der Waals surface area (Å²) in [4.78, 5) is 91.8. The molecule has 16 nitrogen and oxygen atoms in total. The Kier molecular flexibility index (Phi) is 17.9. The van der Waals surface area contributed by atoms with Crippen molar-refractivity contribution in [3.05, 3.63) is 41.7 Å². The van der Waals surface area contributed by atoms with Crippen molar-refractivity contribution in [2.45, 2.75) is 98.1 Å². The first-order chi connectivity index (χ1) is 24.8. The van der Waals surface area contributed by atoms with Gasteiger partial charge >= 0.3 is 17.9 Å². The molecule has 16 heteroatoms. The number of rotatable bonds is 24. The van der Waals surface area contributed by atoms with Crippen LogP contribution in [0.4, 0.5) is 0 Å². The molecule has 0 aliphatic carbocycles. The summed E-state index contributed by atoms with van der Waals surface area (Å²) >= 11 is 0. The van der Waals surface area contributed by atoms with E-state index in [9.17, 15) is 38.7 Å². The predicted molar refractivity (Wildman–Crippen MR) is 187 cm³/mol. The van der Waals surface area contributed by atoms with E-state index in [4.69, 9.17) is 19.1 Å². The van der Waals surface area contributed by atoms with Crippen LogP contribution in [0.3, 0.4) is 0 Å². The summed E-state index contributed by atoms with van der Waals surface area (Å²) < 4.78 is 11.3. The average Bonchev–Trinajstić information content (AvgIpc) is 3.61. The third-order valence-electron chi connectivity index (χ3n) is 8.42. The first-order valence-corrected chi connectivity index (χ1v) is 17.5. The number of hydrogen-bond donors (Lipinski definition) is 5. The Morgan fingerprint density at radius 1 is 0.904 bits per heavy atom. The molecule has 3 atom stereocenters. The monoisotopic (exact) mass is 730 g/mol. The standard InChI is InChI=1S/C36H50N4O12/c1-6-11-12-13-24(27(9-4)40(21-41)52-36(49)22(7-2)8-3)32(44)37-20-38-34(46)29-17-16-28(51-29)23-14-15-25(30(18-23)50-10-5)33(45)39-26(35(47)48)19-31(42)43/h14-18,21-22,24,26-27H,6-13,19-20H2,1-5H3,(H,37,44)(H,38,46)(H,39,45)(H,42,43)(H,47,48)/t24?,26?,27-/m1/s1. The number of amides is 4. The molecule has 0 radical (unpaired) electrons. The van der Waals surface area contributed by atoms with E-state index in [1.54, 1.807) is 13.8 Å². The molecule has 2 unspecified atom stereocenters. The smallest absolute Gasteiger partial charge is 0.335 e. The Morgan fingerprint density at radius 2 is 1.62 bits per heavy atom. The van der Waals surface area contributed by atoms with Gasteiger partial charge in [0.15, 0.2) is 5.76 Å². The number of carbonyl (C=O) groups is 7. The van der Waals surface area contributed by atoms with Crippen molar-refractivity contribution in [1.82, 2.24) is 21.0 Å². The van der Waals surface area contributed by atoms with Gasteiger partial charge in [0.05, 0.1) is 43.1 Å². The molecule has 1 aromatic carbocycles. The Hall–Kier alpha value is -5.41. The Morgan fingerprint density at radius 3 is 2.19 bits per heavy atom. The Labute approximate surface area is 302 Å². The van der Waals surface area contributed by atoms with Gasteiger partial charge in [0.25, 0.3) is 11.8 Å². The van der Waals surface area contributed by atoms with Crippen LogP contribution in [0.15, 0.2) is 34.7 Å². The van der Waals surface area contributed by atoms with E-state index in [0.29, 0.717) is 44.1 Å². The van der Waals surface area contributed by atoms with Gasteiger partial charge < -0.3 is 40.2 Å². The number of hydrogen-bond acceptors (Lipinski definition) is 10. The third-order valence-corrected chi connectivity index (χ3v) is 8.42. The molecule has 2 aromatic rings. The number of nitrogens with zero attached hydrogens (tertiary/aromatic N) is 1. The minimum Gasteiger partial charge on any atom is -0.493 e. The second-order valence-corrected chi connectivity index (χ2v) is 12.0. The van der Waals surface area contributed by atoms with Crippen LogP contribution < -0.4 is 20.7 Å². The zero-order valence-electron chi connectivity index (χ0n) is 30.3. The molecule has 1 heterocycles. The molecule has 4 amide bonds. The minimum atomic E-state index is -1.66. The van der Waals surface area contributed by atoms with Crippen LogP contribution in [0, 0.1) is 11.8 Å². The molecule has 286 valence electrons. The van der Waals surface area contributed by atoms with Gasteiger partial charge in [0.2, 0.25) is 12.3 Å². The summed E-state index contributed by atoms with van der Waals surface area (Å²) in [5, 5.41) is 26.6. The normalized spacial score (nSPS) is 12.6. The number of furan rings is 1. The van der Waals surface area contributed by atoms with Crippen molar-refractivity contribution in [1.29, 1.82) is 0 Å². The lowest BCUT2D eigenvalue weighted by Gasteiger charge is -2.32. The van der Waals surface area contributed by atoms with E-state index in [0.717, 1.165) is 17.9 Å². The van der Waals surface area contributed by atoms with Crippen LogP contribution in [0.25, 0.3) is 11.3 Å². The second kappa shape index (κ2) is 21.7. The molecule has 0 aliphatic heterocycles. The SMILES string of the molecule is CCCCCC(C(=O)NCNC(=O)c1ccc(-c2ccc(C(=O)NC(CC(=O)O)C(=O)O)c(OCC)c2)o1)[C@@H](CC)N(C=O)OC(=O)C(CC)CC. The van der Waals surface area contributed by atoms with E-state index in [2.05, 4.69) is 16.0 Å². The van der Waals surface area contributed by atoms with Crippen LogP contribution in [0.2, 0.25) is 0 Å². The van der Waals surface area contributed by atoms with Gasteiger partial charge in [-0.05, 0) is 56.9 Å². The van der Waals surface area contributed by atoms with E-state index in [1.807, 2.05) is 20.8 Å². The molecule has 0 aliphatic rings. The quantitative estimate of drug-likeness (QED) is 0.0444. The number of carboxylic acid groups (broad SMARTS) is 2.